The molecule has 2 aliphatic heterocycles. The van der Waals surface area contributed by atoms with Crippen LogP contribution in [-0.4, -0.2) is 33.6 Å². The van der Waals surface area contributed by atoms with Crippen LogP contribution < -0.4 is 25.1 Å². The van der Waals surface area contributed by atoms with E-state index in [4.69, 9.17) is 26.4 Å². The maximum Gasteiger partial charge on any atom is 0.270 e. The zero-order valence-corrected chi connectivity index (χ0v) is 23.1. The molecular weight excluding hydrogens is 536 g/mol. The normalized spacial score (nSPS) is 15.1. The number of thioether (sulfide) groups is 1. The molecule has 5 rings (SSSR count). The molecule has 2 aliphatic rings. The van der Waals surface area contributed by atoms with E-state index < -0.39 is 5.56 Å². The van der Waals surface area contributed by atoms with Crippen LogP contribution in [0.4, 0.5) is 5.82 Å². The molecule has 11 heteroatoms. The van der Waals surface area contributed by atoms with Gasteiger partial charge in [0.2, 0.25) is 6.79 Å². The number of hydrogen-bond acceptors (Lipinski definition) is 9. The number of anilines is 1. The molecule has 3 aromatic rings. The van der Waals surface area contributed by atoms with Crippen molar-refractivity contribution in [3.05, 3.63) is 85.5 Å². The minimum absolute atomic E-state index is 0.0228. The third kappa shape index (κ3) is 5.08. The molecule has 0 bridgehead atoms. The first-order valence-corrected chi connectivity index (χ1v) is 13.2. The Hall–Kier alpha value is -4.27. The Bertz CT molecular complexity index is 1620. The first-order chi connectivity index (χ1) is 18.8. The standard InChI is InChI=1S/C28H24N4O5S2/c1-16-20(25(31(2)26(33)21(16)12-29)30-13-17-4-7-19(35-3)8-5-17)11-24-27(34)32(28(38)39-24)14-18-6-9-22-23(10-18)37-15-36-22/h4-11,30H,13-15H2,1-3H3/b24-11+. The molecule has 1 N–H and O–H groups in total. The minimum Gasteiger partial charge on any atom is -0.497 e. The molecule has 0 aliphatic carbocycles. The van der Waals surface area contributed by atoms with Gasteiger partial charge in [0.25, 0.3) is 11.5 Å². The van der Waals surface area contributed by atoms with Crippen LogP contribution in [0.2, 0.25) is 0 Å². The highest BCUT2D eigenvalue weighted by molar-refractivity contribution is 8.26. The molecule has 0 radical (unpaired) electrons. The van der Waals surface area contributed by atoms with Gasteiger partial charge in [-0.2, -0.15) is 5.26 Å². The van der Waals surface area contributed by atoms with Crippen molar-refractivity contribution in [3.63, 3.8) is 0 Å². The second-order valence-corrected chi connectivity index (χ2v) is 10.6. The van der Waals surface area contributed by atoms with E-state index in [0.717, 1.165) is 16.9 Å². The van der Waals surface area contributed by atoms with Gasteiger partial charge in [-0.05, 0) is 54.0 Å². The summed E-state index contributed by atoms with van der Waals surface area (Å²) >= 11 is 6.73. The van der Waals surface area contributed by atoms with Crippen molar-refractivity contribution in [2.24, 2.45) is 7.05 Å². The Labute approximate surface area is 234 Å². The minimum atomic E-state index is -0.417. The van der Waals surface area contributed by atoms with Crippen molar-refractivity contribution in [2.45, 2.75) is 20.0 Å². The Morgan fingerprint density at radius 1 is 1.15 bits per heavy atom. The van der Waals surface area contributed by atoms with Crippen molar-refractivity contribution in [3.8, 4) is 23.3 Å². The molecule has 1 fully saturated rings. The summed E-state index contributed by atoms with van der Waals surface area (Å²) in [6.07, 6.45) is 1.70. The summed E-state index contributed by atoms with van der Waals surface area (Å²) in [7, 11) is 3.20. The number of fused-ring (bicyclic) bond motifs is 1. The zero-order chi connectivity index (χ0) is 27.7. The number of carbonyl (C=O) groups is 1. The van der Waals surface area contributed by atoms with Crippen molar-refractivity contribution in [1.29, 1.82) is 5.26 Å². The van der Waals surface area contributed by atoms with Crippen LogP contribution in [0, 0.1) is 18.3 Å². The van der Waals surface area contributed by atoms with Gasteiger partial charge >= 0.3 is 0 Å². The maximum absolute atomic E-state index is 13.5. The quantitative estimate of drug-likeness (QED) is 0.334. The van der Waals surface area contributed by atoms with Gasteiger partial charge in [-0.25, -0.2) is 0 Å². The van der Waals surface area contributed by atoms with Crippen LogP contribution in [-0.2, 0) is 24.9 Å². The van der Waals surface area contributed by atoms with Crippen LogP contribution in [0.1, 0.15) is 27.8 Å². The van der Waals surface area contributed by atoms with Crippen LogP contribution in [0.15, 0.2) is 52.2 Å². The molecule has 1 amide bonds. The van der Waals surface area contributed by atoms with Gasteiger partial charge in [0.05, 0.1) is 18.6 Å². The van der Waals surface area contributed by atoms with E-state index in [0.29, 0.717) is 44.2 Å². The molecule has 0 saturated carbocycles. The lowest BCUT2D eigenvalue weighted by atomic mass is 10.0. The molecule has 0 unspecified atom stereocenters. The molecule has 0 atom stereocenters. The summed E-state index contributed by atoms with van der Waals surface area (Å²) in [6.45, 7) is 2.56. The fraction of sp³-hybridized carbons (Fsp3) is 0.214. The molecule has 0 spiro atoms. The highest BCUT2D eigenvalue weighted by Gasteiger charge is 2.33. The third-order valence-corrected chi connectivity index (χ3v) is 7.92. The van der Waals surface area contributed by atoms with Crippen LogP contribution in [0.3, 0.4) is 0 Å². The number of carbonyl (C=O) groups excluding carboxylic acids is 1. The third-order valence-electron chi connectivity index (χ3n) is 6.55. The summed E-state index contributed by atoms with van der Waals surface area (Å²) in [5, 5.41) is 13.0. The number of benzene rings is 2. The Kier molecular flexibility index (Phi) is 7.32. The van der Waals surface area contributed by atoms with Gasteiger partial charge in [-0.3, -0.25) is 19.1 Å². The lowest BCUT2D eigenvalue weighted by Gasteiger charge is -2.18. The van der Waals surface area contributed by atoms with E-state index in [-0.39, 0.29) is 24.8 Å². The first kappa shape index (κ1) is 26.3. The van der Waals surface area contributed by atoms with Gasteiger partial charge in [-0.15, -0.1) is 0 Å². The lowest BCUT2D eigenvalue weighted by Crippen LogP contribution is -2.27. The molecule has 9 nitrogen and oxygen atoms in total. The SMILES string of the molecule is COc1ccc(CNc2c(/C=C3/SC(=S)N(Cc4ccc5c(c4)OCO5)C3=O)c(C)c(C#N)c(=O)n2C)cc1. The van der Waals surface area contributed by atoms with E-state index in [2.05, 4.69) is 5.32 Å². The highest BCUT2D eigenvalue weighted by Crippen LogP contribution is 2.37. The van der Waals surface area contributed by atoms with Crippen molar-refractivity contribution < 1.29 is 19.0 Å². The number of thiocarbonyl (C=S) groups is 1. The summed E-state index contributed by atoms with van der Waals surface area (Å²) in [5.41, 5.74) is 2.48. The largest absolute Gasteiger partial charge is 0.497 e. The number of pyridine rings is 1. The average Bonchev–Trinajstić information content (AvgIpc) is 3.51. The van der Waals surface area contributed by atoms with Crippen molar-refractivity contribution in [2.75, 3.05) is 19.2 Å². The van der Waals surface area contributed by atoms with Gasteiger partial charge in [0, 0.05) is 19.2 Å². The van der Waals surface area contributed by atoms with E-state index in [1.54, 1.807) is 27.2 Å². The predicted octanol–water partition coefficient (Wildman–Crippen LogP) is 4.32. The number of methoxy groups -OCH3 is 1. The van der Waals surface area contributed by atoms with Gasteiger partial charge in [0.1, 0.15) is 27.5 Å². The van der Waals surface area contributed by atoms with Crippen molar-refractivity contribution in [1.82, 2.24) is 9.47 Å². The number of amides is 1. The smallest absolute Gasteiger partial charge is 0.270 e. The molecule has 1 aromatic heterocycles. The Morgan fingerprint density at radius 3 is 2.59 bits per heavy atom. The van der Waals surface area contributed by atoms with E-state index in [1.165, 1.54) is 21.2 Å². The van der Waals surface area contributed by atoms with Gasteiger partial charge in [-0.1, -0.05) is 42.2 Å². The number of ether oxygens (including phenoxy) is 3. The molecule has 1 saturated heterocycles. The second kappa shape index (κ2) is 10.8. The van der Waals surface area contributed by atoms with Crippen molar-refractivity contribution >= 4 is 46.1 Å². The fourth-order valence-electron chi connectivity index (χ4n) is 4.36. The van der Waals surface area contributed by atoms with E-state index in [1.807, 2.05) is 48.5 Å². The maximum atomic E-state index is 13.5. The summed E-state index contributed by atoms with van der Waals surface area (Å²) < 4.78 is 17.9. The molecule has 2 aromatic carbocycles. The number of nitrogens with one attached hydrogen (secondary N) is 1. The Morgan fingerprint density at radius 2 is 1.87 bits per heavy atom. The highest BCUT2D eigenvalue weighted by atomic mass is 32.2. The van der Waals surface area contributed by atoms with Crippen LogP contribution in [0.25, 0.3) is 6.08 Å². The average molecular weight is 561 g/mol. The second-order valence-electron chi connectivity index (χ2n) is 8.90. The van der Waals surface area contributed by atoms with Crippen LogP contribution >= 0.6 is 24.0 Å². The number of hydrogen-bond donors (Lipinski definition) is 1. The van der Waals surface area contributed by atoms with Gasteiger partial charge < -0.3 is 19.5 Å². The van der Waals surface area contributed by atoms with E-state index >= 15 is 0 Å². The van der Waals surface area contributed by atoms with Crippen LogP contribution in [0.5, 0.6) is 17.2 Å². The Balaban J connectivity index is 1.46. The topological polar surface area (TPSA) is 106 Å². The zero-order valence-electron chi connectivity index (χ0n) is 21.4. The molecule has 39 heavy (non-hydrogen) atoms. The monoisotopic (exact) mass is 560 g/mol. The molecular formula is C28H24N4O5S2. The van der Waals surface area contributed by atoms with Gasteiger partial charge in [0.15, 0.2) is 11.5 Å². The van der Waals surface area contributed by atoms with E-state index in [9.17, 15) is 14.9 Å². The number of nitrogens with zero attached hydrogens (tertiary/aromatic N) is 3. The fourth-order valence-corrected chi connectivity index (χ4v) is 5.60. The number of rotatable bonds is 7. The first-order valence-electron chi connectivity index (χ1n) is 11.9. The lowest BCUT2D eigenvalue weighted by molar-refractivity contribution is -0.122. The molecule has 3 heterocycles. The predicted molar refractivity (Wildman–Crippen MR) is 153 cm³/mol. The summed E-state index contributed by atoms with van der Waals surface area (Å²) in [6, 6.07) is 15.1. The molecule has 198 valence electrons. The number of nitriles is 1. The number of aromatic nitrogens is 1. The summed E-state index contributed by atoms with van der Waals surface area (Å²) in [5.74, 6) is 2.27. The summed E-state index contributed by atoms with van der Waals surface area (Å²) in [4.78, 5) is 28.3.